The summed E-state index contributed by atoms with van der Waals surface area (Å²) in [6.45, 7) is -0.396. The molecule has 0 saturated heterocycles. The van der Waals surface area contributed by atoms with Crippen LogP contribution in [0.2, 0.25) is 0 Å². The number of rotatable bonds is 4. The zero-order valence-electron chi connectivity index (χ0n) is 12.9. The minimum atomic E-state index is -4.56. The SMILES string of the molecule is O=C(Cn1nc(C(F)(F)F)c2c1CCCC2)Nc1ccsc1C(=O)O. The van der Waals surface area contributed by atoms with Gasteiger partial charge in [-0.2, -0.15) is 18.3 Å². The molecule has 10 heteroatoms. The number of hydrogen-bond donors (Lipinski definition) is 2. The minimum Gasteiger partial charge on any atom is -0.477 e. The van der Waals surface area contributed by atoms with Crippen LogP contribution in [0.25, 0.3) is 0 Å². The van der Waals surface area contributed by atoms with Gasteiger partial charge < -0.3 is 10.4 Å². The van der Waals surface area contributed by atoms with Gasteiger partial charge >= 0.3 is 12.1 Å². The molecule has 1 aliphatic carbocycles. The molecule has 25 heavy (non-hydrogen) atoms. The molecule has 0 atom stereocenters. The van der Waals surface area contributed by atoms with E-state index < -0.39 is 30.3 Å². The number of hydrogen-bond acceptors (Lipinski definition) is 4. The fourth-order valence-corrected chi connectivity index (χ4v) is 3.62. The summed E-state index contributed by atoms with van der Waals surface area (Å²) in [7, 11) is 0. The van der Waals surface area contributed by atoms with Gasteiger partial charge in [0.2, 0.25) is 5.91 Å². The maximum atomic E-state index is 13.1. The second-order valence-corrected chi connectivity index (χ2v) is 6.57. The molecule has 0 aromatic carbocycles. The number of carboxylic acid groups (broad SMARTS) is 1. The maximum absolute atomic E-state index is 13.1. The summed E-state index contributed by atoms with van der Waals surface area (Å²) in [5.74, 6) is -1.80. The van der Waals surface area contributed by atoms with Crippen LogP contribution in [0.5, 0.6) is 0 Å². The third-order valence-electron chi connectivity index (χ3n) is 3.95. The Hall–Kier alpha value is -2.36. The van der Waals surface area contributed by atoms with Gasteiger partial charge in [0.25, 0.3) is 0 Å². The first kappa shape index (κ1) is 17.5. The Morgan fingerprint density at radius 3 is 2.72 bits per heavy atom. The van der Waals surface area contributed by atoms with E-state index in [0.717, 1.165) is 22.4 Å². The number of fused-ring (bicyclic) bond motifs is 1. The number of anilines is 1. The Kier molecular flexibility index (Phi) is 4.55. The summed E-state index contributed by atoms with van der Waals surface area (Å²) >= 11 is 0.951. The monoisotopic (exact) mass is 373 g/mol. The number of alkyl halides is 3. The van der Waals surface area contributed by atoms with Gasteiger partial charge in [0.05, 0.1) is 5.69 Å². The van der Waals surface area contributed by atoms with Crippen molar-refractivity contribution in [1.29, 1.82) is 0 Å². The van der Waals surface area contributed by atoms with Crippen molar-refractivity contribution < 1.29 is 27.9 Å². The third-order valence-corrected chi connectivity index (χ3v) is 4.85. The van der Waals surface area contributed by atoms with Crippen LogP contribution in [-0.2, 0) is 30.4 Å². The highest BCUT2D eigenvalue weighted by Gasteiger charge is 2.39. The molecule has 2 N–H and O–H groups in total. The lowest BCUT2D eigenvalue weighted by Crippen LogP contribution is -2.22. The largest absolute Gasteiger partial charge is 0.477 e. The highest BCUT2D eigenvalue weighted by atomic mass is 32.1. The predicted molar refractivity (Wildman–Crippen MR) is 83.8 cm³/mol. The molecule has 0 radical (unpaired) electrons. The van der Waals surface area contributed by atoms with Crippen LogP contribution in [0.3, 0.4) is 0 Å². The molecule has 0 spiro atoms. The number of carbonyl (C=O) groups excluding carboxylic acids is 1. The van der Waals surface area contributed by atoms with E-state index >= 15 is 0 Å². The Bertz CT molecular complexity index is 826. The molecule has 1 amide bonds. The number of carboxylic acids is 1. The summed E-state index contributed by atoms with van der Waals surface area (Å²) < 4.78 is 40.5. The van der Waals surface area contributed by atoms with Crippen LogP contribution in [0, 0.1) is 0 Å². The van der Waals surface area contributed by atoms with Crippen LogP contribution >= 0.6 is 11.3 Å². The molecule has 134 valence electrons. The molecule has 1 aliphatic rings. The van der Waals surface area contributed by atoms with E-state index in [2.05, 4.69) is 10.4 Å². The highest BCUT2D eigenvalue weighted by Crippen LogP contribution is 2.35. The zero-order chi connectivity index (χ0) is 18.2. The van der Waals surface area contributed by atoms with Crippen LogP contribution in [0.4, 0.5) is 18.9 Å². The number of aromatic nitrogens is 2. The van der Waals surface area contributed by atoms with Crippen LogP contribution < -0.4 is 5.32 Å². The van der Waals surface area contributed by atoms with Crippen molar-refractivity contribution in [3.8, 4) is 0 Å². The standard InChI is InChI=1S/C15H14F3N3O3S/c16-15(17,18)13-8-3-1-2-4-10(8)21(20-13)7-11(22)19-9-5-6-25-12(9)14(23)24/h5-6H,1-4,7H2,(H,19,22)(H,23,24). The van der Waals surface area contributed by atoms with Gasteiger partial charge in [0.15, 0.2) is 5.69 Å². The van der Waals surface area contributed by atoms with Crippen molar-refractivity contribution in [2.45, 2.75) is 38.4 Å². The molecule has 0 fully saturated rings. The number of halogens is 3. The van der Waals surface area contributed by atoms with Crippen molar-refractivity contribution >= 4 is 28.9 Å². The Labute approximate surface area is 144 Å². The molecule has 3 rings (SSSR count). The van der Waals surface area contributed by atoms with Crippen LogP contribution in [-0.4, -0.2) is 26.8 Å². The fourth-order valence-electron chi connectivity index (χ4n) is 2.93. The summed E-state index contributed by atoms with van der Waals surface area (Å²) in [6.07, 6.45) is -2.44. The first-order chi connectivity index (χ1) is 11.8. The molecule has 6 nitrogen and oxygen atoms in total. The molecule has 2 heterocycles. The molecule has 0 saturated carbocycles. The second kappa shape index (κ2) is 6.51. The van der Waals surface area contributed by atoms with E-state index in [9.17, 15) is 22.8 Å². The Balaban J connectivity index is 1.83. The Morgan fingerprint density at radius 2 is 2.04 bits per heavy atom. The summed E-state index contributed by atoms with van der Waals surface area (Å²) in [6, 6.07) is 1.44. The van der Waals surface area contributed by atoms with Gasteiger partial charge in [-0.25, -0.2) is 4.79 Å². The number of amides is 1. The summed E-state index contributed by atoms with van der Waals surface area (Å²) in [5.41, 5.74) is -0.220. The first-order valence-corrected chi connectivity index (χ1v) is 8.41. The number of nitrogens with one attached hydrogen (secondary N) is 1. The summed E-state index contributed by atoms with van der Waals surface area (Å²) in [4.78, 5) is 23.2. The van der Waals surface area contributed by atoms with E-state index in [1.165, 1.54) is 11.4 Å². The van der Waals surface area contributed by atoms with Gasteiger partial charge in [-0.15, -0.1) is 11.3 Å². The van der Waals surface area contributed by atoms with Crippen LogP contribution in [0.1, 0.15) is 39.5 Å². The van der Waals surface area contributed by atoms with Crippen molar-refractivity contribution in [1.82, 2.24) is 9.78 Å². The lowest BCUT2D eigenvalue weighted by atomic mass is 9.95. The predicted octanol–water partition coefficient (Wildman–Crippen LogP) is 3.18. The van der Waals surface area contributed by atoms with E-state index in [4.69, 9.17) is 5.11 Å². The highest BCUT2D eigenvalue weighted by molar-refractivity contribution is 7.12. The number of aromatic carboxylic acids is 1. The van der Waals surface area contributed by atoms with Gasteiger partial charge in [-0.3, -0.25) is 9.48 Å². The summed E-state index contributed by atoms with van der Waals surface area (Å²) in [5, 5.41) is 16.6. The average Bonchev–Trinajstić information content (AvgIpc) is 3.12. The third kappa shape index (κ3) is 3.53. The maximum Gasteiger partial charge on any atom is 0.435 e. The smallest absolute Gasteiger partial charge is 0.435 e. The molecule has 0 bridgehead atoms. The van der Waals surface area contributed by atoms with Crippen molar-refractivity contribution in [3.63, 3.8) is 0 Å². The molecule has 0 unspecified atom stereocenters. The van der Waals surface area contributed by atoms with Gasteiger partial charge in [-0.05, 0) is 37.1 Å². The lowest BCUT2D eigenvalue weighted by Gasteiger charge is -2.14. The second-order valence-electron chi connectivity index (χ2n) is 5.65. The van der Waals surface area contributed by atoms with Crippen molar-refractivity contribution in [3.05, 3.63) is 33.3 Å². The molecule has 2 aromatic rings. The normalized spacial score (nSPS) is 14.2. The average molecular weight is 373 g/mol. The molecule has 2 aromatic heterocycles. The van der Waals surface area contributed by atoms with Crippen molar-refractivity contribution in [2.24, 2.45) is 0 Å². The van der Waals surface area contributed by atoms with E-state index in [1.54, 1.807) is 0 Å². The Morgan fingerprint density at radius 1 is 1.32 bits per heavy atom. The molecular weight excluding hydrogens is 359 g/mol. The lowest BCUT2D eigenvalue weighted by molar-refractivity contribution is -0.142. The van der Waals surface area contributed by atoms with E-state index in [-0.39, 0.29) is 16.1 Å². The topological polar surface area (TPSA) is 84.2 Å². The number of nitrogens with zero attached hydrogens (tertiary/aromatic N) is 2. The number of thiophene rings is 1. The van der Waals surface area contributed by atoms with Gasteiger partial charge in [0, 0.05) is 11.3 Å². The fraction of sp³-hybridized carbons (Fsp3) is 0.400. The molecule has 0 aliphatic heterocycles. The first-order valence-electron chi connectivity index (χ1n) is 7.53. The van der Waals surface area contributed by atoms with Crippen molar-refractivity contribution in [2.75, 3.05) is 5.32 Å². The van der Waals surface area contributed by atoms with Crippen LogP contribution in [0.15, 0.2) is 11.4 Å². The quantitative estimate of drug-likeness (QED) is 0.862. The van der Waals surface area contributed by atoms with Gasteiger partial charge in [0.1, 0.15) is 11.4 Å². The zero-order valence-corrected chi connectivity index (χ0v) is 13.7. The number of carbonyl (C=O) groups is 2. The minimum absolute atomic E-state index is 0.0353. The van der Waals surface area contributed by atoms with E-state index in [1.807, 2.05) is 0 Å². The van der Waals surface area contributed by atoms with Gasteiger partial charge in [-0.1, -0.05) is 0 Å². The van der Waals surface area contributed by atoms with E-state index in [0.29, 0.717) is 25.0 Å². The molecular formula is C15H14F3N3O3S.